The minimum atomic E-state index is -0.327. The van der Waals surface area contributed by atoms with Crippen LogP contribution in [-0.4, -0.2) is 28.6 Å². The zero-order valence-corrected chi connectivity index (χ0v) is 17.3. The fourth-order valence-corrected chi connectivity index (χ4v) is 4.65. The summed E-state index contributed by atoms with van der Waals surface area (Å²) >= 11 is 6.04. The molecule has 30 heavy (non-hydrogen) atoms. The first-order valence-electron chi connectivity index (χ1n) is 9.92. The highest BCUT2D eigenvalue weighted by Gasteiger charge is 2.26. The normalized spacial score (nSPS) is 16.5. The van der Waals surface area contributed by atoms with E-state index in [1.807, 2.05) is 12.1 Å². The quantitative estimate of drug-likeness (QED) is 0.476. The number of rotatable bonds is 2. The molecule has 5 heteroatoms. The van der Waals surface area contributed by atoms with Gasteiger partial charge in [0.1, 0.15) is 5.75 Å². The van der Waals surface area contributed by atoms with Crippen molar-refractivity contribution in [3.8, 4) is 16.9 Å². The Kier molecular flexibility index (Phi) is 4.61. The van der Waals surface area contributed by atoms with Crippen molar-refractivity contribution >= 4 is 22.5 Å². The lowest BCUT2D eigenvalue weighted by Crippen LogP contribution is -2.31. The summed E-state index contributed by atoms with van der Waals surface area (Å²) in [5, 5.41) is 12.0. The number of hydrogen-bond donors (Lipinski definition) is 2. The number of hydrogen-bond acceptors (Lipinski definition) is 3. The van der Waals surface area contributed by atoms with Gasteiger partial charge in [0, 0.05) is 29.4 Å². The van der Waals surface area contributed by atoms with E-state index in [4.69, 9.17) is 11.6 Å². The molecule has 150 valence electrons. The van der Waals surface area contributed by atoms with Crippen LogP contribution in [0.3, 0.4) is 0 Å². The van der Waals surface area contributed by atoms with Crippen molar-refractivity contribution in [3.63, 3.8) is 0 Å². The molecule has 0 spiro atoms. The fraction of sp³-hybridized carbons (Fsp3) is 0.160. The summed E-state index contributed by atoms with van der Waals surface area (Å²) in [6.45, 7) is 1.76. The average Bonchev–Trinajstić information content (AvgIpc) is 2.73. The predicted molar refractivity (Wildman–Crippen MR) is 121 cm³/mol. The largest absolute Gasteiger partial charge is 0.506 e. The third-order valence-corrected chi connectivity index (χ3v) is 6.13. The second-order valence-corrected chi connectivity index (χ2v) is 8.38. The average molecular weight is 417 g/mol. The minimum absolute atomic E-state index is 0.0189. The molecule has 0 radical (unpaired) electrons. The lowest BCUT2D eigenvalue weighted by Gasteiger charge is -2.33. The van der Waals surface area contributed by atoms with Crippen molar-refractivity contribution in [2.24, 2.45) is 0 Å². The van der Waals surface area contributed by atoms with E-state index in [1.165, 1.54) is 16.7 Å². The molecule has 0 saturated carbocycles. The van der Waals surface area contributed by atoms with Gasteiger partial charge in [-0.25, -0.2) is 0 Å². The molecule has 0 amide bonds. The van der Waals surface area contributed by atoms with Crippen LogP contribution in [0.25, 0.3) is 22.0 Å². The van der Waals surface area contributed by atoms with E-state index in [-0.39, 0.29) is 17.2 Å². The van der Waals surface area contributed by atoms with Crippen LogP contribution in [0.2, 0.25) is 5.02 Å². The SMILES string of the molecule is CN1Cc2ccc(-c3c(O)c4ccc(Cl)cc4[nH]c3=O)cc2[C@@H](c2ccccc2)C1. The van der Waals surface area contributed by atoms with Gasteiger partial charge in [-0.1, -0.05) is 54.1 Å². The van der Waals surface area contributed by atoms with E-state index in [1.54, 1.807) is 18.2 Å². The Morgan fingerprint density at radius 2 is 1.87 bits per heavy atom. The van der Waals surface area contributed by atoms with Crippen LogP contribution in [0.4, 0.5) is 0 Å². The lowest BCUT2D eigenvalue weighted by molar-refractivity contribution is 0.295. The standard InChI is InChI=1S/C25H21ClN2O2/c1-28-13-17-8-7-16(11-20(17)21(14-28)15-5-3-2-4-6-15)23-24(29)19-10-9-18(26)12-22(19)27-25(23)30/h2-12,21H,13-14H2,1H3,(H2,27,29,30)/t21-/m1/s1. The maximum Gasteiger partial charge on any atom is 0.260 e. The minimum Gasteiger partial charge on any atom is -0.506 e. The van der Waals surface area contributed by atoms with Crippen LogP contribution in [0.15, 0.2) is 71.5 Å². The van der Waals surface area contributed by atoms with Crippen molar-refractivity contribution in [1.82, 2.24) is 9.88 Å². The van der Waals surface area contributed by atoms with E-state index in [0.29, 0.717) is 21.5 Å². The number of aromatic amines is 1. The zero-order chi connectivity index (χ0) is 20.8. The third kappa shape index (κ3) is 3.18. The molecular weight excluding hydrogens is 396 g/mol. The number of nitrogens with one attached hydrogen (secondary N) is 1. The van der Waals surface area contributed by atoms with E-state index >= 15 is 0 Å². The molecule has 0 fully saturated rings. The highest BCUT2D eigenvalue weighted by atomic mass is 35.5. The van der Waals surface area contributed by atoms with Gasteiger partial charge in [-0.05, 0) is 53.6 Å². The number of benzene rings is 3. The monoisotopic (exact) mass is 416 g/mol. The maximum absolute atomic E-state index is 12.9. The van der Waals surface area contributed by atoms with E-state index in [0.717, 1.165) is 18.7 Å². The van der Waals surface area contributed by atoms with Crippen molar-refractivity contribution < 1.29 is 5.11 Å². The molecule has 2 heterocycles. The number of aromatic hydroxyl groups is 1. The number of pyridine rings is 1. The molecule has 1 aliphatic heterocycles. The Morgan fingerprint density at radius 1 is 1.07 bits per heavy atom. The topological polar surface area (TPSA) is 56.3 Å². The number of fused-ring (bicyclic) bond motifs is 2. The fourth-order valence-electron chi connectivity index (χ4n) is 4.48. The Labute approximate surface area is 179 Å². The smallest absolute Gasteiger partial charge is 0.260 e. The van der Waals surface area contributed by atoms with Crippen LogP contribution in [0.5, 0.6) is 5.75 Å². The van der Waals surface area contributed by atoms with Gasteiger partial charge in [0.25, 0.3) is 5.56 Å². The van der Waals surface area contributed by atoms with Crippen LogP contribution in [-0.2, 0) is 6.54 Å². The number of H-pyrrole nitrogens is 1. The van der Waals surface area contributed by atoms with Gasteiger partial charge in [-0.15, -0.1) is 0 Å². The van der Waals surface area contributed by atoms with Gasteiger partial charge in [-0.3, -0.25) is 4.79 Å². The molecule has 0 unspecified atom stereocenters. The molecule has 5 rings (SSSR count). The zero-order valence-electron chi connectivity index (χ0n) is 16.5. The number of aromatic nitrogens is 1. The van der Waals surface area contributed by atoms with Gasteiger partial charge in [0.05, 0.1) is 11.1 Å². The first-order chi connectivity index (χ1) is 14.5. The van der Waals surface area contributed by atoms with Crippen molar-refractivity contribution in [1.29, 1.82) is 0 Å². The summed E-state index contributed by atoms with van der Waals surface area (Å²) in [7, 11) is 2.12. The summed E-state index contributed by atoms with van der Waals surface area (Å²) in [6.07, 6.45) is 0. The highest BCUT2D eigenvalue weighted by Crippen LogP contribution is 2.38. The molecule has 1 aromatic heterocycles. The van der Waals surface area contributed by atoms with Crippen LogP contribution >= 0.6 is 11.6 Å². The Bertz CT molecular complexity index is 1310. The van der Waals surface area contributed by atoms with Gasteiger partial charge in [-0.2, -0.15) is 0 Å². The highest BCUT2D eigenvalue weighted by molar-refractivity contribution is 6.31. The molecule has 3 aromatic carbocycles. The Balaban J connectivity index is 1.69. The molecule has 0 aliphatic carbocycles. The first-order valence-corrected chi connectivity index (χ1v) is 10.3. The van der Waals surface area contributed by atoms with Crippen molar-refractivity contribution in [2.75, 3.05) is 13.6 Å². The molecule has 1 aliphatic rings. The summed E-state index contributed by atoms with van der Waals surface area (Å²) in [4.78, 5) is 18.0. The summed E-state index contributed by atoms with van der Waals surface area (Å²) in [6, 6.07) is 21.6. The predicted octanol–water partition coefficient (Wildman–Crippen LogP) is 5.13. The second-order valence-electron chi connectivity index (χ2n) is 7.94. The number of nitrogens with zero attached hydrogens (tertiary/aromatic N) is 1. The number of halogens is 1. The molecule has 0 bridgehead atoms. The first kappa shape index (κ1) is 18.9. The summed E-state index contributed by atoms with van der Waals surface area (Å²) < 4.78 is 0. The lowest BCUT2D eigenvalue weighted by atomic mass is 9.83. The van der Waals surface area contributed by atoms with E-state index in [9.17, 15) is 9.90 Å². The number of likely N-dealkylation sites (N-methyl/N-ethyl adjacent to an activating group) is 1. The maximum atomic E-state index is 12.9. The summed E-state index contributed by atoms with van der Waals surface area (Å²) in [5.74, 6) is 0.190. The molecule has 4 aromatic rings. The second kappa shape index (κ2) is 7.31. The van der Waals surface area contributed by atoms with Gasteiger partial charge < -0.3 is 15.0 Å². The molecular formula is C25H21ClN2O2. The third-order valence-electron chi connectivity index (χ3n) is 5.90. The molecule has 4 nitrogen and oxygen atoms in total. The van der Waals surface area contributed by atoms with E-state index < -0.39 is 0 Å². The van der Waals surface area contributed by atoms with Crippen LogP contribution in [0.1, 0.15) is 22.6 Å². The van der Waals surface area contributed by atoms with Crippen molar-refractivity contribution in [3.05, 3.63) is 98.8 Å². The van der Waals surface area contributed by atoms with Crippen LogP contribution in [0, 0.1) is 0 Å². The van der Waals surface area contributed by atoms with Gasteiger partial charge >= 0.3 is 0 Å². The van der Waals surface area contributed by atoms with Crippen LogP contribution < -0.4 is 5.56 Å². The van der Waals surface area contributed by atoms with Gasteiger partial charge in [0.15, 0.2) is 0 Å². The Hall–Kier alpha value is -3.08. The van der Waals surface area contributed by atoms with Gasteiger partial charge in [0.2, 0.25) is 0 Å². The van der Waals surface area contributed by atoms with Crippen molar-refractivity contribution in [2.45, 2.75) is 12.5 Å². The molecule has 0 saturated heterocycles. The Morgan fingerprint density at radius 3 is 2.67 bits per heavy atom. The summed E-state index contributed by atoms with van der Waals surface area (Å²) in [5.41, 5.74) is 4.89. The molecule has 1 atom stereocenters. The molecule has 2 N–H and O–H groups in total. The van der Waals surface area contributed by atoms with E-state index in [2.05, 4.69) is 53.3 Å².